The molecule has 0 aromatic carbocycles. The lowest BCUT2D eigenvalue weighted by atomic mass is 10.3. The van der Waals surface area contributed by atoms with Gasteiger partial charge < -0.3 is 5.32 Å². The normalized spacial score (nSPS) is 11.7. The highest BCUT2D eigenvalue weighted by Gasteiger charge is 2.35. The molecule has 0 saturated heterocycles. The molecule has 0 radical (unpaired) electrons. The summed E-state index contributed by atoms with van der Waals surface area (Å²) in [6.45, 7) is 3.75. The molecule has 6 nitrogen and oxygen atoms in total. The van der Waals surface area contributed by atoms with Crippen LogP contribution in [0.4, 0.5) is 13.2 Å². The molecule has 2 aromatic rings. The van der Waals surface area contributed by atoms with Gasteiger partial charge in [0, 0.05) is 12.7 Å². The van der Waals surface area contributed by atoms with E-state index in [1.165, 1.54) is 6.92 Å². The van der Waals surface area contributed by atoms with Crippen molar-refractivity contribution in [2.24, 2.45) is 0 Å². The van der Waals surface area contributed by atoms with E-state index in [1.807, 2.05) is 6.92 Å². The maximum atomic E-state index is 12.8. The number of rotatable bonds is 5. The van der Waals surface area contributed by atoms with Crippen LogP contribution in [0.3, 0.4) is 0 Å². The van der Waals surface area contributed by atoms with Gasteiger partial charge in [-0.2, -0.15) is 23.4 Å². The summed E-state index contributed by atoms with van der Waals surface area (Å²) in [6.07, 6.45) is -2.78. The highest BCUT2D eigenvalue weighted by atomic mass is 19.4. The summed E-state index contributed by atoms with van der Waals surface area (Å²) in [7, 11) is 0. The Bertz CT molecular complexity index is 659. The Labute approximate surface area is 124 Å². The van der Waals surface area contributed by atoms with Gasteiger partial charge in [0.25, 0.3) is 0 Å². The first-order valence-corrected chi connectivity index (χ1v) is 6.70. The van der Waals surface area contributed by atoms with E-state index in [9.17, 15) is 18.0 Å². The topological polar surface area (TPSA) is 64.7 Å². The summed E-state index contributed by atoms with van der Waals surface area (Å²) < 4.78 is 40.8. The Balaban J connectivity index is 1.97. The second-order valence-corrected chi connectivity index (χ2v) is 4.77. The van der Waals surface area contributed by atoms with E-state index in [4.69, 9.17) is 0 Å². The van der Waals surface area contributed by atoms with Crippen molar-refractivity contribution in [3.8, 4) is 0 Å². The van der Waals surface area contributed by atoms with Gasteiger partial charge in [0.2, 0.25) is 5.91 Å². The van der Waals surface area contributed by atoms with Gasteiger partial charge in [-0.15, -0.1) is 0 Å². The fourth-order valence-corrected chi connectivity index (χ4v) is 1.95. The highest BCUT2D eigenvalue weighted by molar-refractivity contribution is 5.75. The zero-order chi connectivity index (χ0) is 16.3. The number of hydrogen-bond donors (Lipinski definition) is 1. The van der Waals surface area contributed by atoms with Crippen LogP contribution in [-0.2, 0) is 30.6 Å². The van der Waals surface area contributed by atoms with Crippen molar-refractivity contribution in [3.05, 3.63) is 35.4 Å². The third-order valence-electron chi connectivity index (χ3n) is 2.97. The summed E-state index contributed by atoms with van der Waals surface area (Å²) in [5.41, 5.74) is -0.0832. The Kier molecular flexibility index (Phi) is 4.53. The SMILES string of the molecule is CCn1ccc(CNC(=O)Cn2nc(C)cc2C(F)(F)F)n1. The summed E-state index contributed by atoms with van der Waals surface area (Å²) in [5.74, 6) is -0.556. The first-order valence-electron chi connectivity index (χ1n) is 6.70. The highest BCUT2D eigenvalue weighted by Crippen LogP contribution is 2.29. The molecule has 0 aliphatic rings. The predicted molar refractivity (Wildman–Crippen MR) is 71.7 cm³/mol. The van der Waals surface area contributed by atoms with E-state index >= 15 is 0 Å². The Hall–Kier alpha value is -2.32. The molecular weight excluding hydrogens is 299 g/mol. The number of carbonyl (C=O) groups is 1. The Morgan fingerprint density at radius 3 is 2.68 bits per heavy atom. The third-order valence-corrected chi connectivity index (χ3v) is 2.97. The maximum Gasteiger partial charge on any atom is 0.433 e. The minimum atomic E-state index is -4.54. The minimum Gasteiger partial charge on any atom is -0.349 e. The quantitative estimate of drug-likeness (QED) is 0.914. The number of aromatic nitrogens is 4. The molecule has 22 heavy (non-hydrogen) atoms. The van der Waals surface area contributed by atoms with Crippen molar-refractivity contribution in [2.75, 3.05) is 0 Å². The van der Waals surface area contributed by atoms with Crippen LogP contribution >= 0.6 is 0 Å². The second-order valence-electron chi connectivity index (χ2n) is 4.77. The molecule has 0 aliphatic carbocycles. The molecule has 2 aromatic heterocycles. The molecule has 1 N–H and O–H groups in total. The number of amides is 1. The van der Waals surface area contributed by atoms with Gasteiger partial charge in [-0.1, -0.05) is 0 Å². The minimum absolute atomic E-state index is 0.160. The zero-order valence-electron chi connectivity index (χ0n) is 12.2. The van der Waals surface area contributed by atoms with Crippen LogP contribution in [0.1, 0.15) is 24.0 Å². The number of hydrogen-bond acceptors (Lipinski definition) is 3. The van der Waals surface area contributed by atoms with Crippen LogP contribution in [0.5, 0.6) is 0 Å². The van der Waals surface area contributed by atoms with E-state index in [2.05, 4.69) is 15.5 Å². The number of nitrogens with zero attached hydrogens (tertiary/aromatic N) is 4. The number of aryl methyl sites for hydroxylation is 2. The standard InChI is InChI=1S/C13H16F3N5O/c1-3-20-5-4-10(19-20)7-17-12(22)8-21-11(13(14,15)16)6-9(2)18-21/h4-6H,3,7-8H2,1-2H3,(H,17,22). The van der Waals surface area contributed by atoms with Gasteiger partial charge >= 0.3 is 6.18 Å². The molecule has 0 spiro atoms. The van der Waals surface area contributed by atoms with E-state index in [0.29, 0.717) is 16.9 Å². The molecule has 120 valence electrons. The lowest BCUT2D eigenvalue weighted by Gasteiger charge is -2.10. The summed E-state index contributed by atoms with van der Waals surface area (Å²) >= 11 is 0. The fourth-order valence-electron chi connectivity index (χ4n) is 1.95. The smallest absolute Gasteiger partial charge is 0.349 e. The van der Waals surface area contributed by atoms with Crippen LogP contribution in [0.2, 0.25) is 0 Å². The van der Waals surface area contributed by atoms with Crippen molar-refractivity contribution in [2.45, 2.75) is 39.7 Å². The fraction of sp³-hybridized carbons (Fsp3) is 0.462. The Morgan fingerprint density at radius 1 is 1.36 bits per heavy atom. The monoisotopic (exact) mass is 315 g/mol. The van der Waals surface area contributed by atoms with Crippen molar-refractivity contribution in [1.29, 1.82) is 0 Å². The van der Waals surface area contributed by atoms with Gasteiger partial charge in [0.1, 0.15) is 12.2 Å². The summed E-state index contributed by atoms with van der Waals surface area (Å²) in [4.78, 5) is 11.8. The van der Waals surface area contributed by atoms with Crippen molar-refractivity contribution in [1.82, 2.24) is 24.9 Å². The van der Waals surface area contributed by atoms with Crippen molar-refractivity contribution < 1.29 is 18.0 Å². The third kappa shape index (κ3) is 3.86. The van der Waals surface area contributed by atoms with Crippen LogP contribution in [-0.4, -0.2) is 25.5 Å². The van der Waals surface area contributed by atoms with E-state index in [0.717, 1.165) is 6.07 Å². The summed E-state index contributed by atoms with van der Waals surface area (Å²) in [6, 6.07) is 2.65. The van der Waals surface area contributed by atoms with Gasteiger partial charge in [-0.05, 0) is 26.0 Å². The first-order chi connectivity index (χ1) is 10.3. The largest absolute Gasteiger partial charge is 0.433 e. The molecule has 0 atom stereocenters. The Morgan fingerprint density at radius 2 is 2.09 bits per heavy atom. The van der Waals surface area contributed by atoms with Crippen LogP contribution in [0.15, 0.2) is 18.3 Å². The molecule has 0 unspecified atom stereocenters. The van der Waals surface area contributed by atoms with Gasteiger partial charge in [0.05, 0.1) is 17.9 Å². The summed E-state index contributed by atoms with van der Waals surface area (Å²) in [5, 5.41) is 10.4. The average molecular weight is 315 g/mol. The zero-order valence-corrected chi connectivity index (χ0v) is 12.2. The molecule has 0 bridgehead atoms. The molecular formula is C13H16F3N5O. The number of alkyl halides is 3. The lowest BCUT2D eigenvalue weighted by molar-refractivity contribution is -0.144. The average Bonchev–Trinajstić information content (AvgIpc) is 3.02. The molecule has 2 heterocycles. The molecule has 0 fully saturated rings. The van der Waals surface area contributed by atoms with Crippen LogP contribution in [0, 0.1) is 6.92 Å². The van der Waals surface area contributed by atoms with E-state index in [-0.39, 0.29) is 12.2 Å². The molecule has 0 aliphatic heterocycles. The number of carbonyl (C=O) groups excluding carboxylic acids is 1. The van der Waals surface area contributed by atoms with E-state index < -0.39 is 24.3 Å². The molecule has 0 saturated carbocycles. The molecule has 9 heteroatoms. The lowest BCUT2D eigenvalue weighted by Crippen LogP contribution is -2.29. The van der Waals surface area contributed by atoms with Crippen LogP contribution < -0.4 is 5.32 Å². The molecule has 1 amide bonds. The van der Waals surface area contributed by atoms with Gasteiger partial charge in [-0.3, -0.25) is 14.2 Å². The van der Waals surface area contributed by atoms with Crippen molar-refractivity contribution in [3.63, 3.8) is 0 Å². The van der Waals surface area contributed by atoms with E-state index in [1.54, 1.807) is 16.9 Å². The number of nitrogens with one attached hydrogen (secondary N) is 1. The maximum absolute atomic E-state index is 12.8. The predicted octanol–water partition coefficient (Wildman–Crippen LogP) is 1.74. The number of halogens is 3. The van der Waals surface area contributed by atoms with Crippen molar-refractivity contribution >= 4 is 5.91 Å². The van der Waals surface area contributed by atoms with Gasteiger partial charge in [-0.25, -0.2) is 0 Å². The van der Waals surface area contributed by atoms with Gasteiger partial charge in [0.15, 0.2) is 0 Å². The van der Waals surface area contributed by atoms with Crippen LogP contribution in [0.25, 0.3) is 0 Å². The first kappa shape index (κ1) is 16.1. The molecule has 2 rings (SSSR count). The second kappa shape index (κ2) is 6.20.